The maximum Gasteiger partial charge on any atom is 0.134 e. The van der Waals surface area contributed by atoms with Crippen molar-refractivity contribution in [1.82, 2.24) is 4.90 Å². The second-order valence-electron chi connectivity index (χ2n) is 6.88. The van der Waals surface area contributed by atoms with Crippen LogP contribution in [0.1, 0.15) is 29.7 Å². The summed E-state index contributed by atoms with van der Waals surface area (Å²) in [6, 6.07) is 15.8. The fourth-order valence-corrected chi connectivity index (χ4v) is 3.66. The van der Waals surface area contributed by atoms with Crippen LogP contribution in [0.4, 0.5) is 0 Å². The van der Waals surface area contributed by atoms with Crippen molar-refractivity contribution in [2.24, 2.45) is 0 Å². The fourth-order valence-electron chi connectivity index (χ4n) is 3.66. The van der Waals surface area contributed by atoms with Crippen LogP contribution in [-0.4, -0.2) is 34.3 Å². The molecule has 1 aliphatic rings. The summed E-state index contributed by atoms with van der Waals surface area (Å²) < 4.78 is 6.00. The fraction of sp³-hybridized carbons (Fsp3) is 0.333. The number of furan rings is 1. The van der Waals surface area contributed by atoms with Crippen molar-refractivity contribution < 1.29 is 14.6 Å². The number of aromatic hydroxyl groups is 1. The second-order valence-corrected chi connectivity index (χ2v) is 6.88. The number of hydrogen-bond donors (Lipinski definition) is 2. The minimum absolute atomic E-state index is 0.270. The van der Waals surface area contributed by atoms with E-state index in [0.717, 1.165) is 48.1 Å². The van der Waals surface area contributed by atoms with Gasteiger partial charge < -0.3 is 14.6 Å². The Morgan fingerprint density at radius 1 is 1.12 bits per heavy atom. The van der Waals surface area contributed by atoms with Crippen LogP contribution in [-0.2, 0) is 13.0 Å². The lowest BCUT2D eigenvalue weighted by molar-refractivity contribution is 0.0666. The van der Waals surface area contributed by atoms with E-state index in [-0.39, 0.29) is 6.10 Å². The first-order valence-electron chi connectivity index (χ1n) is 8.86. The number of nitrogens with zero attached hydrogens (tertiary/aromatic N) is 1. The van der Waals surface area contributed by atoms with E-state index >= 15 is 0 Å². The largest absolute Gasteiger partial charge is 0.508 e. The van der Waals surface area contributed by atoms with Crippen LogP contribution >= 0.6 is 0 Å². The number of likely N-dealkylation sites (tertiary alicyclic amines) is 1. The molecule has 1 saturated heterocycles. The molecule has 0 amide bonds. The molecular weight excluding hydrogens is 314 g/mol. The van der Waals surface area contributed by atoms with E-state index < -0.39 is 0 Å². The molecule has 0 spiro atoms. The lowest BCUT2D eigenvalue weighted by Gasteiger charge is -2.30. The van der Waals surface area contributed by atoms with Gasteiger partial charge in [0.2, 0.25) is 0 Å². The monoisotopic (exact) mass is 337 g/mol. The standard InChI is InChI=1S/C21H23NO3/c23-16-7-4-10-22(13-16)14-19-18-12-17(11-15-5-2-1-3-6-15)25-21(18)9-8-20(19)24/h1-3,5-6,8-9,12,16,23-24H,4,7,10-11,13-14H2. The minimum atomic E-state index is -0.270. The average Bonchev–Trinajstić information content (AvgIpc) is 3.01. The Bertz CT molecular complexity index is 856. The summed E-state index contributed by atoms with van der Waals surface area (Å²) in [4.78, 5) is 2.20. The number of phenols is 1. The van der Waals surface area contributed by atoms with Crippen LogP contribution in [0.25, 0.3) is 11.0 Å². The van der Waals surface area contributed by atoms with Crippen LogP contribution in [0, 0.1) is 0 Å². The van der Waals surface area contributed by atoms with Gasteiger partial charge in [-0.2, -0.15) is 0 Å². The maximum atomic E-state index is 10.4. The SMILES string of the molecule is Oc1ccc2oc(Cc3ccccc3)cc2c1CN1CCCC(O)C1. The van der Waals surface area contributed by atoms with Crippen LogP contribution in [0.15, 0.2) is 52.9 Å². The first kappa shape index (κ1) is 16.2. The molecule has 1 aliphatic heterocycles. The third-order valence-corrected chi connectivity index (χ3v) is 4.92. The molecule has 25 heavy (non-hydrogen) atoms. The number of phenolic OH excluding ortho intramolecular Hbond substituents is 1. The van der Waals surface area contributed by atoms with Crippen LogP contribution in [0.3, 0.4) is 0 Å². The molecule has 0 radical (unpaired) electrons. The average molecular weight is 337 g/mol. The van der Waals surface area contributed by atoms with E-state index in [1.165, 1.54) is 5.56 Å². The molecule has 1 fully saturated rings. The Labute approximate surface area is 147 Å². The molecule has 2 N–H and O–H groups in total. The number of hydrogen-bond acceptors (Lipinski definition) is 4. The van der Waals surface area contributed by atoms with Crippen molar-refractivity contribution in [2.75, 3.05) is 13.1 Å². The van der Waals surface area contributed by atoms with E-state index in [1.54, 1.807) is 6.07 Å². The van der Waals surface area contributed by atoms with E-state index in [9.17, 15) is 10.2 Å². The lowest BCUT2D eigenvalue weighted by atomic mass is 10.0. The van der Waals surface area contributed by atoms with E-state index in [1.807, 2.05) is 30.3 Å². The number of piperidine rings is 1. The van der Waals surface area contributed by atoms with Crippen molar-refractivity contribution in [3.05, 3.63) is 65.4 Å². The number of rotatable bonds is 4. The molecule has 0 aliphatic carbocycles. The zero-order chi connectivity index (χ0) is 17.2. The number of β-amino-alcohol motifs (C(OH)–C–C–N with tert-alkyl or cyclic N) is 1. The third kappa shape index (κ3) is 3.55. The molecule has 2 aromatic carbocycles. The highest BCUT2D eigenvalue weighted by Crippen LogP contribution is 2.32. The highest BCUT2D eigenvalue weighted by atomic mass is 16.3. The zero-order valence-electron chi connectivity index (χ0n) is 14.2. The van der Waals surface area contributed by atoms with Gasteiger partial charge in [0.1, 0.15) is 17.1 Å². The summed E-state index contributed by atoms with van der Waals surface area (Å²) in [7, 11) is 0. The summed E-state index contributed by atoms with van der Waals surface area (Å²) in [5.41, 5.74) is 2.89. The van der Waals surface area contributed by atoms with Gasteiger partial charge in [0.15, 0.2) is 0 Å². The summed E-state index contributed by atoms with van der Waals surface area (Å²) >= 11 is 0. The van der Waals surface area contributed by atoms with Crippen molar-refractivity contribution in [1.29, 1.82) is 0 Å². The topological polar surface area (TPSA) is 56.8 Å². The number of benzene rings is 2. The van der Waals surface area contributed by atoms with Gasteiger partial charge in [-0.3, -0.25) is 4.90 Å². The maximum absolute atomic E-state index is 10.4. The van der Waals surface area contributed by atoms with Gasteiger partial charge in [-0.15, -0.1) is 0 Å². The Balaban J connectivity index is 1.63. The van der Waals surface area contributed by atoms with Crippen LogP contribution < -0.4 is 0 Å². The molecule has 4 nitrogen and oxygen atoms in total. The normalized spacial score (nSPS) is 18.7. The quantitative estimate of drug-likeness (QED) is 0.762. The summed E-state index contributed by atoms with van der Waals surface area (Å²) in [5, 5.41) is 21.2. The molecule has 130 valence electrons. The van der Waals surface area contributed by atoms with E-state index in [0.29, 0.717) is 18.8 Å². The number of fused-ring (bicyclic) bond motifs is 1. The zero-order valence-corrected chi connectivity index (χ0v) is 14.2. The first-order valence-corrected chi connectivity index (χ1v) is 8.86. The van der Waals surface area contributed by atoms with Crippen molar-refractivity contribution in [2.45, 2.75) is 31.9 Å². The minimum Gasteiger partial charge on any atom is -0.508 e. The van der Waals surface area contributed by atoms with E-state index in [4.69, 9.17) is 4.42 Å². The predicted octanol–water partition coefficient (Wildman–Crippen LogP) is 3.69. The van der Waals surface area contributed by atoms with Crippen LogP contribution in [0.5, 0.6) is 5.75 Å². The van der Waals surface area contributed by atoms with Gasteiger partial charge in [-0.25, -0.2) is 0 Å². The molecule has 1 unspecified atom stereocenters. The van der Waals surface area contributed by atoms with Gasteiger partial charge >= 0.3 is 0 Å². The summed E-state index contributed by atoms with van der Waals surface area (Å²) in [6.07, 6.45) is 2.31. The predicted molar refractivity (Wildman–Crippen MR) is 97.6 cm³/mol. The molecule has 4 rings (SSSR count). The highest BCUT2D eigenvalue weighted by molar-refractivity contribution is 5.84. The smallest absolute Gasteiger partial charge is 0.134 e. The van der Waals surface area contributed by atoms with Gasteiger partial charge in [-0.05, 0) is 43.1 Å². The lowest BCUT2D eigenvalue weighted by Crippen LogP contribution is -2.37. The molecule has 1 atom stereocenters. The summed E-state index contributed by atoms with van der Waals surface area (Å²) in [5.74, 6) is 1.19. The van der Waals surface area contributed by atoms with E-state index in [2.05, 4.69) is 17.0 Å². The Kier molecular flexibility index (Phi) is 4.47. The molecule has 4 heteroatoms. The molecule has 0 saturated carbocycles. The van der Waals surface area contributed by atoms with Gasteiger partial charge in [-0.1, -0.05) is 30.3 Å². The van der Waals surface area contributed by atoms with Gasteiger partial charge in [0, 0.05) is 30.5 Å². The molecule has 3 aromatic rings. The van der Waals surface area contributed by atoms with Gasteiger partial charge in [0.05, 0.1) is 6.10 Å². The van der Waals surface area contributed by atoms with Gasteiger partial charge in [0.25, 0.3) is 0 Å². The third-order valence-electron chi connectivity index (χ3n) is 4.92. The Morgan fingerprint density at radius 3 is 2.76 bits per heavy atom. The van der Waals surface area contributed by atoms with Crippen LogP contribution in [0.2, 0.25) is 0 Å². The molecule has 1 aromatic heterocycles. The molecule has 0 bridgehead atoms. The second kappa shape index (κ2) is 6.90. The van der Waals surface area contributed by atoms with Crippen molar-refractivity contribution in [3.63, 3.8) is 0 Å². The first-order chi connectivity index (χ1) is 12.2. The summed E-state index contributed by atoms with van der Waals surface area (Å²) in [6.45, 7) is 2.23. The van der Waals surface area contributed by atoms with Crippen molar-refractivity contribution >= 4 is 11.0 Å². The molecule has 2 heterocycles. The number of aliphatic hydroxyl groups is 1. The molecular formula is C21H23NO3. The Morgan fingerprint density at radius 2 is 1.96 bits per heavy atom. The Hall–Kier alpha value is -2.30. The van der Waals surface area contributed by atoms with Crippen molar-refractivity contribution in [3.8, 4) is 5.75 Å². The number of aliphatic hydroxyl groups excluding tert-OH is 1. The highest BCUT2D eigenvalue weighted by Gasteiger charge is 2.21.